The molecule has 1 N–H and O–H groups in total. The second kappa shape index (κ2) is 7.56. The first-order chi connectivity index (χ1) is 9.83. The lowest BCUT2D eigenvalue weighted by atomic mass is 10.2. The molecule has 2 rings (SSSR count). The van der Waals surface area contributed by atoms with Crippen LogP contribution in [-0.4, -0.2) is 13.7 Å². The standard InChI is InChI=1S/C17H21NO2/c1-3-12-18-13-14-6-4-5-7-17(14)20-16-10-8-15(19-2)9-11-16/h4-11,18H,3,12-13H2,1-2H3. The smallest absolute Gasteiger partial charge is 0.131 e. The second-order valence-electron chi connectivity index (χ2n) is 4.56. The molecule has 0 saturated carbocycles. The van der Waals surface area contributed by atoms with Crippen molar-refractivity contribution in [1.82, 2.24) is 5.32 Å². The molecule has 3 nitrogen and oxygen atoms in total. The highest BCUT2D eigenvalue weighted by molar-refractivity contribution is 5.39. The summed E-state index contributed by atoms with van der Waals surface area (Å²) < 4.78 is 11.1. The number of benzene rings is 2. The Morgan fingerprint density at radius 2 is 1.65 bits per heavy atom. The molecule has 20 heavy (non-hydrogen) atoms. The molecule has 0 aliphatic rings. The molecule has 0 heterocycles. The van der Waals surface area contributed by atoms with Crippen LogP contribution >= 0.6 is 0 Å². The molecule has 2 aromatic rings. The fourth-order valence-corrected chi connectivity index (χ4v) is 1.92. The van der Waals surface area contributed by atoms with Crippen LogP contribution in [0.15, 0.2) is 48.5 Å². The minimum Gasteiger partial charge on any atom is -0.497 e. The summed E-state index contributed by atoms with van der Waals surface area (Å²) in [7, 11) is 1.66. The van der Waals surface area contributed by atoms with Crippen LogP contribution in [0.1, 0.15) is 18.9 Å². The first kappa shape index (κ1) is 14.4. The molecule has 0 aromatic heterocycles. The Balaban J connectivity index is 2.07. The van der Waals surface area contributed by atoms with Crippen molar-refractivity contribution in [3.8, 4) is 17.2 Å². The van der Waals surface area contributed by atoms with Crippen molar-refractivity contribution in [3.05, 3.63) is 54.1 Å². The zero-order chi connectivity index (χ0) is 14.2. The van der Waals surface area contributed by atoms with Gasteiger partial charge in [-0.2, -0.15) is 0 Å². The third-order valence-corrected chi connectivity index (χ3v) is 3.00. The summed E-state index contributed by atoms with van der Waals surface area (Å²) >= 11 is 0. The SMILES string of the molecule is CCCNCc1ccccc1Oc1ccc(OC)cc1. The van der Waals surface area contributed by atoms with Crippen LogP contribution in [0.25, 0.3) is 0 Å². The summed E-state index contributed by atoms with van der Waals surface area (Å²) in [5, 5.41) is 3.40. The molecule has 106 valence electrons. The molecule has 0 atom stereocenters. The van der Waals surface area contributed by atoms with Gasteiger partial charge in [0.05, 0.1) is 7.11 Å². The summed E-state index contributed by atoms with van der Waals surface area (Å²) in [5.41, 5.74) is 1.16. The lowest BCUT2D eigenvalue weighted by molar-refractivity contribution is 0.412. The van der Waals surface area contributed by atoms with Crippen LogP contribution in [0, 0.1) is 0 Å². The Morgan fingerprint density at radius 3 is 2.35 bits per heavy atom. The number of hydrogen-bond acceptors (Lipinski definition) is 3. The van der Waals surface area contributed by atoms with E-state index in [0.717, 1.165) is 42.3 Å². The van der Waals surface area contributed by atoms with Gasteiger partial charge in [0, 0.05) is 12.1 Å². The first-order valence-electron chi connectivity index (χ1n) is 6.94. The minimum atomic E-state index is 0.814. The molecule has 0 unspecified atom stereocenters. The first-order valence-corrected chi connectivity index (χ1v) is 6.94. The average Bonchev–Trinajstić information content (AvgIpc) is 2.50. The van der Waals surface area contributed by atoms with E-state index in [1.54, 1.807) is 7.11 Å². The van der Waals surface area contributed by atoms with E-state index < -0.39 is 0 Å². The number of ether oxygens (including phenoxy) is 2. The zero-order valence-electron chi connectivity index (χ0n) is 12.1. The number of nitrogens with one attached hydrogen (secondary N) is 1. The molecule has 0 amide bonds. The summed E-state index contributed by atoms with van der Waals surface area (Å²) in [4.78, 5) is 0. The third-order valence-electron chi connectivity index (χ3n) is 3.00. The van der Waals surface area contributed by atoms with Crippen molar-refractivity contribution >= 4 is 0 Å². The van der Waals surface area contributed by atoms with Gasteiger partial charge in [-0.25, -0.2) is 0 Å². The maximum absolute atomic E-state index is 5.94. The highest BCUT2D eigenvalue weighted by atomic mass is 16.5. The van der Waals surface area contributed by atoms with E-state index in [4.69, 9.17) is 9.47 Å². The average molecular weight is 271 g/mol. The van der Waals surface area contributed by atoms with Gasteiger partial charge in [-0.1, -0.05) is 25.1 Å². The predicted molar refractivity (Wildman–Crippen MR) is 81.5 cm³/mol. The molecule has 3 heteroatoms. The molecule has 0 bridgehead atoms. The number of methoxy groups -OCH3 is 1. The van der Waals surface area contributed by atoms with Crippen LogP contribution in [-0.2, 0) is 6.54 Å². The van der Waals surface area contributed by atoms with Gasteiger partial charge >= 0.3 is 0 Å². The van der Waals surface area contributed by atoms with Crippen LogP contribution in [0.3, 0.4) is 0 Å². The summed E-state index contributed by atoms with van der Waals surface area (Å²) in [6.07, 6.45) is 1.13. The van der Waals surface area contributed by atoms with Gasteiger partial charge in [0.1, 0.15) is 17.2 Å². The maximum Gasteiger partial charge on any atom is 0.131 e. The molecule has 0 fully saturated rings. The largest absolute Gasteiger partial charge is 0.497 e. The van der Waals surface area contributed by atoms with E-state index in [1.807, 2.05) is 42.5 Å². The van der Waals surface area contributed by atoms with E-state index >= 15 is 0 Å². The Hall–Kier alpha value is -2.00. The topological polar surface area (TPSA) is 30.5 Å². The molecular weight excluding hydrogens is 250 g/mol. The quantitative estimate of drug-likeness (QED) is 0.772. The second-order valence-corrected chi connectivity index (χ2v) is 4.56. The Kier molecular flexibility index (Phi) is 5.44. The fraction of sp³-hybridized carbons (Fsp3) is 0.294. The molecule has 2 aromatic carbocycles. The summed E-state index contributed by atoms with van der Waals surface area (Å²) in [5.74, 6) is 2.53. The molecule has 0 spiro atoms. The predicted octanol–water partition coefficient (Wildman–Crippen LogP) is 3.99. The van der Waals surface area contributed by atoms with Crippen LogP contribution in [0.5, 0.6) is 17.2 Å². The van der Waals surface area contributed by atoms with E-state index in [9.17, 15) is 0 Å². The van der Waals surface area contributed by atoms with Crippen molar-refractivity contribution in [2.75, 3.05) is 13.7 Å². The lowest BCUT2D eigenvalue weighted by Gasteiger charge is -2.12. The van der Waals surface area contributed by atoms with Crippen molar-refractivity contribution < 1.29 is 9.47 Å². The Labute approximate surface area is 120 Å². The van der Waals surface area contributed by atoms with Crippen molar-refractivity contribution in [2.24, 2.45) is 0 Å². The van der Waals surface area contributed by atoms with Gasteiger partial charge in [-0.05, 0) is 43.3 Å². The lowest BCUT2D eigenvalue weighted by Crippen LogP contribution is -2.14. The van der Waals surface area contributed by atoms with Crippen molar-refractivity contribution in [2.45, 2.75) is 19.9 Å². The van der Waals surface area contributed by atoms with Gasteiger partial charge in [-0.3, -0.25) is 0 Å². The van der Waals surface area contributed by atoms with Crippen molar-refractivity contribution in [3.63, 3.8) is 0 Å². The zero-order valence-corrected chi connectivity index (χ0v) is 12.1. The molecule has 0 saturated heterocycles. The van der Waals surface area contributed by atoms with Gasteiger partial charge < -0.3 is 14.8 Å². The number of rotatable bonds is 7. The monoisotopic (exact) mass is 271 g/mol. The van der Waals surface area contributed by atoms with Gasteiger partial charge in [0.15, 0.2) is 0 Å². The highest BCUT2D eigenvalue weighted by Gasteiger charge is 2.04. The van der Waals surface area contributed by atoms with Crippen LogP contribution < -0.4 is 14.8 Å². The Morgan fingerprint density at radius 1 is 0.950 bits per heavy atom. The fourth-order valence-electron chi connectivity index (χ4n) is 1.92. The van der Waals surface area contributed by atoms with Gasteiger partial charge in [0.2, 0.25) is 0 Å². The molecular formula is C17H21NO2. The number of para-hydroxylation sites is 1. The number of hydrogen-bond donors (Lipinski definition) is 1. The van der Waals surface area contributed by atoms with Crippen molar-refractivity contribution in [1.29, 1.82) is 0 Å². The van der Waals surface area contributed by atoms with E-state index in [-0.39, 0.29) is 0 Å². The summed E-state index contributed by atoms with van der Waals surface area (Å²) in [6.45, 7) is 3.99. The Bertz CT molecular complexity index is 523. The van der Waals surface area contributed by atoms with Gasteiger partial charge in [-0.15, -0.1) is 0 Å². The van der Waals surface area contributed by atoms with Crippen LogP contribution in [0.2, 0.25) is 0 Å². The highest BCUT2D eigenvalue weighted by Crippen LogP contribution is 2.26. The normalized spacial score (nSPS) is 10.3. The van der Waals surface area contributed by atoms with Gasteiger partial charge in [0.25, 0.3) is 0 Å². The maximum atomic E-state index is 5.94. The van der Waals surface area contributed by atoms with E-state index in [0.29, 0.717) is 0 Å². The minimum absolute atomic E-state index is 0.814. The van der Waals surface area contributed by atoms with E-state index in [1.165, 1.54) is 0 Å². The van der Waals surface area contributed by atoms with E-state index in [2.05, 4.69) is 18.3 Å². The summed E-state index contributed by atoms with van der Waals surface area (Å²) in [6, 6.07) is 15.7. The molecule has 0 aliphatic carbocycles. The molecule has 0 radical (unpaired) electrons. The molecule has 0 aliphatic heterocycles. The third kappa shape index (κ3) is 4.00. The van der Waals surface area contributed by atoms with Crippen LogP contribution in [0.4, 0.5) is 0 Å².